The van der Waals surface area contributed by atoms with E-state index in [1.54, 1.807) is 13.8 Å². The lowest BCUT2D eigenvalue weighted by molar-refractivity contribution is -0.163. The SMILES string of the molecule is C=C(C)C(=O)OCC1CO1.C=C(C)C(=O)OCCCCCC.CCCCCCOC(=O)C(C)(CC)CC(C)(C)C(=O)OCC1CO1. The number of ether oxygens (including phenoxy) is 6. The normalized spacial score (nSPS) is 17.4. The van der Waals surface area contributed by atoms with Gasteiger partial charge in [-0.3, -0.25) is 9.59 Å². The molecular formula is C36H62O10. The van der Waals surface area contributed by atoms with E-state index in [0.717, 1.165) is 38.5 Å². The molecule has 0 aliphatic carbocycles. The van der Waals surface area contributed by atoms with Crippen LogP contribution in [0.2, 0.25) is 0 Å². The molecule has 2 aliphatic heterocycles. The fourth-order valence-corrected chi connectivity index (χ4v) is 4.06. The van der Waals surface area contributed by atoms with Gasteiger partial charge in [-0.15, -0.1) is 0 Å². The second kappa shape index (κ2) is 23.6. The highest BCUT2D eigenvalue weighted by atomic mass is 16.6. The van der Waals surface area contributed by atoms with Gasteiger partial charge in [0.2, 0.25) is 0 Å². The third kappa shape index (κ3) is 21.1. The van der Waals surface area contributed by atoms with Crippen molar-refractivity contribution >= 4 is 23.9 Å². The Morgan fingerprint density at radius 1 is 0.652 bits per heavy atom. The first-order valence-corrected chi connectivity index (χ1v) is 16.9. The lowest BCUT2D eigenvalue weighted by Crippen LogP contribution is -2.39. The standard InChI is InChI=1S/C19H34O5.C10H18O2.C7H10O3/c1-6-8-9-10-11-22-17(21)19(5,7-2)14-18(3,4)16(20)24-13-15-12-23-15;1-4-5-6-7-8-12-10(11)9(2)3;1-5(2)7(8)10-4-6-3-9-6/h15H,6-14H2,1-5H3;2,4-8H2,1,3H3;6H,1,3-4H2,2H3. The maximum atomic E-state index is 12.5. The minimum Gasteiger partial charge on any atom is -0.465 e. The average Bonchev–Trinajstić information content (AvgIpc) is 3.94. The molecule has 0 radical (unpaired) electrons. The predicted molar refractivity (Wildman–Crippen MR) is 178 cm³/mol. The van der Waals surface area contributed by atoms with E-state index in [0.29, 0.717) is 63.6 Å². The van der Waals surface area contributed by atoms with Crippen LogP contribution in [0, 0.1) is 10.8 Å². The molecule has 0 amide bonds. The van der Waals surface area contributed by atoms with E-state index < -0.39 is 10.8 Å². The first-order valence-electron chi connectivity index (χ1n) is 16.9. The highest BCUT2D eigenvalue weighted by Crippen LogP contribution is 2.38. The van der Waals surface area contributed by atoms with Crippen molar-refractivity contribution < 1.29 is 47.6 Å². The van der Waals surface area contributed by atoms with Gasteiger partial charge in [0, 0.05) is 11.1 Å². The Morgan fingerprint density at radius 3 is 1.50 bits per heavy atom. The van der Waals surface area contributed by atoms with Crippen molar-refractivity contribution in [3.05, 3.63) is 24.3 Å². The van der Waals surface area contributed by atoms with Crippen molar-refractivity contribution in [1.29, 1.82) is 0 Å². The van der Waals surface area contributed by atoms with Gasteiger partial charge in [0.05, 0.1) is 37.3 Å². The van der Waals surface area contributed by atoms with Crippen molar-refractivity contribution in [2.75, 3.05) is 39.6 Å². The van der Waals surface area contributed by atoms with Crippen LogP contribution in [-0.2, 0) is 47.6 Å². The summed E-state index contributed by atoms with van der Waals surface area (Å²) in [4.78, 5) is 46.4. The van der Waals surface area contributed by atoms with Crippen molar-refractivity contribution in [1.82, 2.24) is 0 Å². The van der Waals surface area contributed by atoms with E-state index in [1.807, 2.05) is 27.7 Å². The highest BCUT2D eigenvalue weighted by molar-refractivity contribution is 5.87. The number of hydrogen-bond donors (Lipinski definition) is 0. The van der Waals surface area contributed by atoms with Gasteiger partial charge in [-0.2, -0.15) is 0 Å². The zero-order valence-corrected chi connectivity index (χ0v) is 30.0. The lowest BCUT2D eigenvalue weighted by Gasteiger charge is -2.33. The molecule has 2 aliphatic rings. The predicted octanol–water partition coefficient (Wildman–Crippen LogP) is 7.08. The average molecular weight is 655 g/mol. The zero-order chi connectivity index (χ0) is 35.2. The maximum Gasteiger partial charge on any atom is 0.333 e. The van der Waals surface area contributed by atoms with E-state index in [9.17, 15) is 19.2 Å². The summed E-state index contributed by atoms with van der Waals surface area (Å²) in [5.74, 6) is -1.11. The lowest BCUT2D eigenvalue weighted by atomic mass is 9.72. The molecule has 10 nitrogen and oxygen atoms in total. The minimum absolute atomic E-state index is 0.0513. The van der Waals surface area contributed by atoms with Gasteiger partial charge >= 0.3 is 23.9 Å². The molecule has 0 spiro atoms. The van der Waals surface area contributed by atoms with E-state index in [2.05, 4.69) is 27.0 Å². The van der Waals surface area contributed by atoms with Crippen LogP contribution in [0.4, 0.5) is 0 Å². The summed E-state index contributed by atoms with van der Waals surface area (Å²) in [6.07, 6.45) is 10.0. The topological polar surface area (TPSA) is 130 Å². The van der Waals surface area contributed by atoms with Gasteiger partial charge in [0.25, 0.3) is 0 Å². The van der Waals surface area contributed by atoms with Gasteiger partial charge in [-0.25, -0.2) is 9.59 Å². The number of epoxide rings is 2. The zero-order valence-electron chi connectivity index (χ0n) is 30.0. The Morgan fingerprint density at radius 2 is 1.09 bits per heavy atom. The molecule has 0 bridgehead atoms. The Bertz CT molecular complexity index is 948. The summed E-state index contributed by atoms with van der Waals surface area (Å²) in [5, 5.41) is 0. The van der Waals surface area contributed by atoms with Crippen molar-refractivity contribution in [3.8, 4) is 0 Å². The fraction of sp³-hybridized carbons (Fsp3) is 0.778. The van der Waals surface area contributed by atoms with E-state index in [-0.39, 0.29) is 36.1 Å². The number of carbonyl (C=O) groups excluding carboxylic acids is 4. The summed E-state index contributed by atoms with van der Waals surface area (Å²) in [6.45, 7) is 25.0. The largest absolute Gasteiger partial charge is 0.465 e. The Labute approximate surface area is 277 Å². The number of unbranched alkanes of at least 4 members (excludes halogenated alkanes) is 6. The molecule has 266 valence electrons. The Balaban J connectivity index is 0.000000761. The van der Waals surface area contributed by atoms with Crippen LogP contribution in [0.5, 0.6) is 0 Å². The molecule has 0 N–H and O–H groups in total. The highest BCUT2D eigenvalue weighted by Gasteiger charge is 2.43. The van der Waals surface area contributed by atoms with Crippen LogP contribution >= 0.6 is 0 Å². The van der Waals surface area contributed by atoms with Crippen LogP contribution in [0.25, 0.3) is 0 Å². The third-order valence-corrected chi connectivity index (χ3v) is 7.42. The monoisotopic (exact) mass is 654 g/mol. The van der Waals surface area contributed by atoms with Crippen LogP contribution in [0.3, 0.4) is 0 Å². The summed E-state index contributed by atoms with van der Waals surface area (Å²) >= 11 is 0. The smallest absolute Gasteiger partial charge is 0.333 e. The summed E-state index contributed by atoms with van der Waals surface area (Å²) in [6, 6.07) is 0. The molecule has 2 saturated heterocycles. The summed E-state index contributed by atoms with van der Waals surface area (Å²) < 4.78 is 30.3. The molecule has 2 heterocycles. The van der Waals surface area contributed by atoms with Gasteiger partial charge < -0.3 is 28.4 Å². The quantitative estimate of drug-likeness (QED) is 0.0416. The van der Waals surface area contributed by atoms with Crippen LogP contribution in [-0.4, -0.2) is 75.7 Å². The summed E-state index contributed by atoms with van der Waals surface area (Å²) in [7, 11) is 0. The molecule has 46 heavy (non-hydrogen) atoms. The van der Waals surface area contributed by atoms with Crippen LogP contribution in [0.1, 0.15) is 120 Å². The molecule has 3 atom stereocenters. The van der Waals surface area contributed by atoms with Gasteiger partial charge in [-0.1, -0.05) is 72.5 Å². The molecule has 0 saturated carbocycles. The van der Waals surface area contributed by atoms with E-state index in [4.69, 9.17) is 28.4 Å². The van der Waals surface area contributed by atoms with Gasteiger partial charge in [0.1, 0.15) is 25.4 Å². The maximum absolute atomic E-state index is 12.5. The molecular weight excluding hydrogens is 592 g/mol. The number of carbonyl (C=O) groups is 4. The second-order valence-corrected chi connectivity index (χ2v) is 13.0. The number of hydrogen-bond acceptors (Lipinski definition) is 10. The number of rotatable bonds is 21. The van der Waals surface area contributed by atoms with Crippen LogP contribution < -0.4 is 0 Å². The molecule has 3 unspecified atom stereocenters. The Hall–Kier alpha value is -2.72. The molecule has 0 aromatic rings. The first kappa shape index (κ1) is 43.3. The molecule has 0 aromatic heterocycles. The molecule has 2 fully saturated rings. The summed E-state index contributed by atoms with van der Waals surface area (Å²) in [5.41, 5.74) is -0.504. The first-order chi connectivity index (χ1) is 21.6. The Kier molecular flexibility index (Phi) is 22.2. The van der Waals surface area contributed by atoms with Crippen molar-refractivity contribution in [2.45, 2.75) is 132 Å². The molecule has 0 aromatic carbocycles. The van der Waals surface area contributed by atoms with Gasteiger partial charge in [0.15, 0.2) is 0 Å². The van der Waals surface area contributed by atoms with Crippen molar-refractivity contribution in [3.63, 3.8) is 0 Å². The molecule has 10 heteroatoms. The molecule has 2 rings (SSSR count). The van der Waals surface area contributed by atoms with E-state index >= 15 is 0 Å². The van der Waals surface area contributed by atoms with Crippen molar-refractivity contribution in [2.24, 2.45) is 10.8 Å². The van der Waals surface area contributed by atoms with Crippen LogP contribution in [0.15, 0.2) is 24.3 Å². The third-order valence-electron chi connectivity index (χ3n) is 7.42. The van der Waals surface area contributed by atoms with E-state index in [1.165, 1.54) is 12.8 Å². The number of esters is 4. The fourth-order valence-electron chi connectivity index (χ4n) is 4.06. The van der Waals surface area contributed by atoms with Gasteiger partial charge in [-0.05, 0) is 60.3 Å². The minimum atomic E-state index is -0.735. The second-order valence-electron chi connectivity index (χ2n) is 13.0.